The number of carbonyl (C=O) groups excluding carboxylic acids is 3. The van der Waals surface area contributed by atoms with Gasteiger partial charge < -0.3 is 14.8 Å². The number of fused-ring (bicyclic) bond motifs is 1. The molecule has 0 saturated carbocycles. The van der Waals surface area contributed by atoms with Crippen LogP contribution in [0.1, 0.15) is 50.7 Å². The molecule has 1 aromatic carbocycles. The van der Waals surface area contributed by atoms with Crippen molar-refractivity contribution >= 4 is 34.9 Å². The predicted octanol–water partition coefficient (Wildman–Crippen LogP) is 3.85. The Morgan fingerprint density at radius 2 is 1.96 bits per heavy atom. The van der Waals surface area contributed by atoms with Gasteiger partial charge in [-0.1, -0.05) is 19.1 Å². The number of aryl methyl sites for hydroxylation is 1. The normalized spacial score (nSPS) is 15.4. The lowest BCUT2D eigenvalue weighted by atomic mass is 9.90. The highest BCUT2D eigenvalue weighted by molar-refractivity contribution is 7.14. The van der Waals surface area contributed by atoms with Crippen molar-refractivity contribution in [2.75, 3.05) is 18.5 Å². The molecule has 1 aliphatic rings. The minimum Gasteiger partial charge on any atom is -0.462 e. The first kappa shape index (κ1) is 20.1. The van der Waals surface area contributed by atoms with E-state index in [1.807, 2.05) is 6.07 Å². The second-order valence-corrected chi connectivity index (χ2v) is 7.93. The van der Waals surface area contributed by atoms with Gasteiger partial charge in [0.25, 0.3) is 5.91 Å². The lowest BCUT2D eigenvalue weighted by molar-refractivity contribution is -0.119. The van der Waals surface area contributed by atoms with E-state index in [1.54, 1.807) is 31.2 Å². The molecule has 28 heavy (non-hydrogen) atoms. The summed E-state index contributed by atoms with van der Waals surface area (Å²) in [6, 6.07) is 8.42. The van der Waals surface area contributed by atoms with Crippen molar-refractivity contribution in [2.24, 2.45) is 5.92 Å². The van der Waals surface area contributed by atoms with Crippen LogP contribution in [0.25, 0.3) is 0 Å². The largest absolute Gasteiger partial charge is 0.462 e. The van der Waals surface area contributed by atoms with Crippen molar-refractivity contribution in [3.63, 3.8) is 0 Å². The molecule has 1 atom stereocenters. The maximum atomic E-state index is 12.3. The number of nitrogens with one attached hydrogen (secondary N) is 1. The van der Waals surface area contributed by atoms with E-state index in [4.69, 9.17) is 9.47 Å². The van der Waals surface area contributed by atoms with Crippen molar-refractivity contribution in [3.8, 4) is 0 Å². The summed E-state index contributed by atoms with van der Waals surface area (Å²) in [5.74, 6) is -0.911. The Morgan fingerprint density at radius 1 is 1.18 bits per heavy atom. The monoisotopic (exact) mass is 401 g/mol. The lowest BCUT2D eigenvalue weighted by Crippen LogP contribution is -2.22. The van der Waals surface area contributed by atoms with Crippen LogP contribution < -0.4 is 5.32 Å². The third kappa shape index (κ3) is 4.78. The number of para-hydroxylation sites is 1. The predicted molar refractivity (Wildman–Crippen MR) is 107 cm³/mol. The molecule has 2 aromatic rings. The van der Waals surface area contributed by atoms with Gasteiger partial charge >= 0.3 is 11.9 Å². The zero-order chi connectivity index (χ0) is 20.1. The summed E-state index contributed by atoms with van der Waals surface area (Å²) in [4.78, 5) is 38.2. The van der Waals surface area contributed by atoms with Gasteiger partial charge in [-0.25, -0.2) is 9.59 Å². The Hall–Kier alpha value is -2.67. The van der Waals surface area contributed by atoms with E-state index in [1.165, 1.54) is 21.8 Å². The highest BCUT2D eigenvalue weighted by Gasteiger charge is 2.22. The van der Waals surface area contributed by atoms with Gasteiger partial charge in [0.15, 0.2) is 6.61 Å². The smallest absolute Gasteiger partial charge is 0.348 e. The molecule has 1 aromatic heterocycles. The summed E-state index contributed by atoms with van der Waals surface area (Å²) in [5.41, 5.74) is 1.79. The van der Waals surface area contributed by atoms with Crippen LogP contribution in [-0.4, -0.2) is 31.1 Å². The van der Waals surface area contributed by atoms with Crippen molar-refractivity contribution in [1.82, 2.24) is 0 Å². The standard InChI is InChI=1S/C21H23NO5S/c1-3-26-20(24)15-6-4-5-7-16(15)22-19(23)12-27-21(25)18-11-14-10-13(2)8-9-17(14)28-18/h4-7,11,13H,3,8-10,12H2,1-2H3,(H,22,23)/t13-/m1/s1. The summed E-state index contributed by atoms with van der Waals surface area (Å²) < 4.78 is 10.1. The highest BCUT2D eigenvalue weighted by Crippen LogP contribution is 2.32. The lowest BCUT2D eigenvalue weighted by Gasteiger charge is -2.16. The maximum absolute atomic E-state index is 12.3. The van der Waals surface area contributed by atoms with E-state index in [0.29, 0.717) is 16.5 Å². The molecule has 0 bridgehead atoms. The summed E-state index contributed by atoms with van der Waals surface area (Å²) in [6.45, 7) is 3.73. The van der Waals surface area contributed by atoms with Crippen LogP contribution >= 0.6 is 11.3 Å². The molecule has 0 aliphatic heterocycles. The Balaban J connectivity index is 1.58. The fourth-order valence-corrected chi connectivity index (χ4v) is 4.28. The Bertz CT molecular complexity index is 889. The molecule has 148 valence electrons. The van der Waals surface area contributed by atoms with Gasteiger partial charge in [0.2, 0.25) is 0 Å². The minimum absolute atomic E-state index is 0.238. The van der Waals surface area contributed by atoms with Crippen molar-refractivity contribution in [1.29, 1.82) is 0 Å². The second-order valence-electron chi connectivity index (χ2n) is 6.80. The topological polar surface area (TPSA) is 81.7 Å². The molecule has 1 aliphatic carbocycles. The number of ether oxygens (including phenoxy) is 2. The number of anilines is 1. The van der Waals surface area contributed by atoms with E-state index < -0.39 is 24.5 Å². The van der Waals surface area contributed by atoms with Crippen LogP contribution in [0.2, 0.25) is 0 Å². The third-order valence-corrected chi connectivity index (χ3v) is 5.78. The number of amides is 1. The van der Waals surface area contributed by atoms with Gasteiger partial charge in [-0.3, -0.25) is 4.79 Å². The van der Waals surface area contributed by atoms with Crippen LogP contribution in [0.4, 0.5) is 5.69 Å². The van der Waals surface area contributed by atoms with E-state index in [2.05, 4.69) is 12.2 Å². The van der Waals surface area contributed by atoms with E-state index in [-0.39, 0.29) is 12.2 Å². The summed E-state index contributed by atoms with van der Waals surface area (Å²) >= 11 is 1.45. The Kier molecular flexibility index (Phi) is 6.46. The average Bonchev–Trinajstić information content (AvgIpc) is 3.10. The second kappa shape index (κ2) is 9.01. The number of hydrogen-bond acceptors (Lipinski definition) is 6. The molecular formula is C21H23NO5S. The SMILES string of the molecule is CCOC(=O)c1ccccc1NC(=O)COC(=O)c1cc2c(s1)CC[C@@H](C)C2. The van der Waals surface area contributed by atoms with Gasteiger partial charge in [-0.15, -0.1) is 11.3 Å². The third-order valence-electron chi connectivity index (χ3n) is 4.56. The number of carbonyl (C=O) groups is 3. The van der Waals surface area contributed by atoms with Gasteiger partial charge in [-0.2, -0.15) is 0 Å². The van der Waals surface area contributed by atoms with E-state index >= 15 is 0 Å². The van der Waals surface area contributed by atoms with Gasteiger partial charge in [0.1, 0.15) is 4.88 Å². The summed E-state index contributed by atoms with van der Waals surface area (Å²) in [6.07, 6.45) is 3.09. The Labute approximate surface area is 167 Å². The first-order valence-corrected chi connectivity index (χ1v) is 10.1. The van der Waals surface area contributed by atoms with E-state index in [9.17, 15) is 14.4 Å². The number of thiophene rings is 1. The minimum atomic E-state index is -0.520. The number of benzene rings is 1. The summed E-state index contributed by atoms with van der Waals surface area (Å²) in [7, 11) is 0. The molecule has 6 nitrogen and oxygen atoms in total. The molecule has 0 unspecified atom stereocenters. The van der Waals surface area contributed by atoms with Gasteiger partial charge in [-0.05, 0) is 55.9 Å². The highest BCUT2D eigenvalue weighted by atomic mass is 32.1. The van der Waals surface area contributed by atoms with Gasteiger partial charge in [0.05, 0.1) is 17.9 Å². The van der Waals surface area contributed by atoms with Gasteiger partial charge in [0, 0.05) is 4.88 Å². The van der Waals surface area contributed by atoms with Crippen molar-refractivity contribution in [2.45, 2.75) is 33.1 Å². The first-order chi connectivity index (χ1) is 13.5. The molecule has 1 N–H and O–H groups in total. The van der Waals surface area contributed by atoms with Crippen LogP contribution in [0.5, 0.6) is 0 Å². The van der Waals surface area contributed by atoms with Crippen LogP contribution in [0.15, 0.2) is 30.3 Å². The number of esters is 2. The van der Waals surface area contributed by atoms with Crippen LogP contribution in [-0.2, 0) is 27.1 Å². The van der Waals surface area contributed by atoms with Crippen LogP contribution in [0, 0.1) is 5.92 Å². The fraction of sp³-hybridized carbons (Fsp3) is 0.381. The molecule has 3 rings (SSSR count). The van der Waals surface area contributed by atoms with E-state index in [0.717, 1.165) is 19.3 Å². The van der Waals surface area contributed by atoms with Crippen LogP contribution in [0.3, 0.4) is 0 Å². The molecule has 0 spiro atoms. The Morgan fingerprint density at radius 3 is 2.75 bits per heavy atom. The first-order valence-electron chi connectivity index (χ1n) is 9.32. The molecular weight excluding hydrogens is 378 g/mol. The number of rotatable bonds is 6. The number of hydrogen-bond donors (Lipinski definition) is 1. The van der Waals surface area contributed by atoms with Crippen molar-refractivity contribution < 1.29 is 23.9 Å². The quantitative estimate of drug-likeness (QED) is 0.744. The molecule has 0 radical (unpaired) electrons. The zero-order valence-corrected chi connectivity index (χ0v) is 16.8. The zero-order valence-electron chi connectivity index (χ0n) is 15.9. The fourth-order valence-electron chi connectivity index (χ4n) is 3.17. The molecule has 0 saturated heterocycles. The summed E-state index contributed by atoms with van der Waals surface area (Å²) in [5, 5.41) is 2.60. The molecule has 7 heteroatoms. The average molecular weight is 401 g/mol. The molecule has 0 fully saturated rings. The van der Waals surface area contributed by atoms with Crippen molar-refractivity contribution in [3.05, 3.63) is 51.2 Å². The maximum Gasteiger partial charge on any atom is 0.348 e. The molecule has 1 heterocycles. The molecule has 1 amide bonds.